The Kier molecular flexibility index (Phi) is 1.23. The smallest absolute Gasteiger partial charge is 0.0565 e. The number of likely N-dealkylation sites (tertiary alicyclic amines) is 1. The van der Waals surface area contributed by atoms with Gasteiger partial charge in [0.25, 0.3) is 0 Å². The van der Waals surface area contributed by atoms with Crippen molar-refractivity contribution in [1.29, 1.82) is 0 Å². The Balaban J connectivity index is 1.79. The van der Waals surface area contributed by atoms with Crippen molar-refractivity contribution in [1.82, 2.24) is 4.90 Å². The van der Waals surface area contributed by atoms with Crippen LogP contribution in [0, 0.1) is 0 Å². The Labute approximate surface area is 54.4 Å². The standard InChI is InChI=1S/C6H11NS/c1-3-7(4-1)6-2-5-8-6/h6H,1-5H2. The Bertz CT molecular complexity index is 74.5. The molecule has 0 N–H and O–H groups in total. The molecule has 1 nitrogen and oxygen atoms in total. The number of thioether (sulfide) groups is 1. The predicted octanol–water partition coefficient (Wildman–Crippen LogP) is 1.16. The van der Waals surface area contributed by atoms with Gasteiger partial charge in [-0.25, -0.2) is 0 Å². The summed E-state index contributed by atoms with van der Waals surface area (Å²) in [6, 6.07) is 0. The van der Waals surface area contributed by atoms with Crippen LogP contribution in [0.4, 0.5) is 0 Å². The molecule has 2 saturated heterocycles. The Morgan fingerprint density at radius 3 is 2.25 bits per heavy atom. The van der Waals surface area contributed by atoms with Gasteiger partial charge in [0.15, 0.2) is 0 Å². The first kappa shape index (κ1) is 5.12. The van der Waals surface area contributed by atoms with E-state index in [0.29, 0.717) is 0 Å². The van der Waals surface area contributed by atoms with Crippen LogP contribution in [0.15, 0.2) is 0 Å². The molecule has 46 valence electrons. The molecule has 2 heterocycles. The minimum absolute atomic E-state index is 0.934. The third kappa shape index (κ3) is 0.669. The number of nitrogens with zero attached hydrogens (tertiary/aromatic N) is 1. The van der Waals surface area contributed by atoms with Gasteiger partial charge >= 0.3 is 0 Å². The van der Waals surface area contributed by atoms with E-state index in [4.69, 9.17) is 0 Å². The summed E-state index contributed by atoms with van der Waals surface area (Å²) in [5, 5.41) is 0.934. The van der Waals surface area contributed by atoms with E-state index in [1.165, 1.54) is 31.7 Å². The summed E-state index contributed by atoms with van der Waals surface area (Å²) in [5.74, 6) is 1.40. The van der Waals surface area contributed by atoms with Gasteiger partial charge in [-0.15, -0.1) is 11.8 Å². The fraction of sp³-hybridized carbons (Fsp3) is 1.00. The molecule has 0 spiro atoms. The largest absolute Gasteiger partial charge is 0.291 e. The van der Waals surface area contributed by atoms with Crippen LogP contribution in [0.2, 0.25) is 0 Å². The Hall–Kier alpha value is 0.310. The van der Waals surface area contributed by atoms with Crippen molar-refractivity contribution >= 4 is 11.8 Å². The first-order chi connectivity index (χ1) is 3.97. The molecule has 1 atom stereocenters. The highest BCUT2D eigenvalue weighted by molar-refractivity contribution is 8.01. The van der Waals surface area contributed by atoms with Crippen molar-refractivity contribution in [2.45, 2.75) is 18.2 Å². The lowest BCUT2D eigenvalue weighted by Gasteiger charge is -2.42. The SMILES string of the molecule is C1CN(C2CCS2)C1. The van der Waals surface area contributed by atoms with Crippen LogP contribution in [0.25, 0.3) is 0 Å². The summed E-state index contributed by atoms with van der Waals surface area (Å²) in [6.45, 7) is 2.75. The summed E-state index contributed by atoms with van der Waals surface area (Å²) >= 11 is 2.12. The third-order valence-electron chi connectivity index (χ3n) is 1.97. The predicted molar refractivity (Wildman–Crippen MR) is 37.1 cm³/mol. The molecule has 0 aliphatic carbocycles. The minimum Gasteiger partial charge on any atom is -0.291 e. The van der Waals surface area contributed by atoms with Crippen molar-refractivity contribution in [2.75, 3.05) is 18.8 Å². The van der Waals surface area contributed by atoms with Crippen molar-refractivity contribution in [3.8, 4) is 0 Å². The van der Waals surface area contributed by atoms with Gasteiger partial charge in [0.05, 0.1) is 5.37 Å². The maximum Gasteiger partial charge on any atom is 0.0565 e. The van der Waals surface area contributed by atoms with E-state index in [-0.39, 0.29) is 0 Å². The Morgan fingerprint density at radius 1 is 1.38 bits per heavy atom. The molecule has 2 fully saturated rings. The normalized spacial score (nSPS) is 38.2. The van der Waals surface area contributed by atoms with Gasteiger partial charge in [-0.1, -0.05) is 0 Å². The highest BCUT2D eigenvalue weighted by Gasteiger charge is 2.28. The lowest BCUT2D eigenvalue weighted by atomic mass is 10.2. The van der Waals surface area contributed by atoms with E-state index in [0.717, 1.165) is 5.37 Å². The topological polar surface area (TPSA) is 3.24 Å². The van der Waals surface area contributed by atoms with Gasteiger partial charge in [0.1, 0.15) is 0 Å². The molecule has 0 aromatic carbocycles. The maximum atomic E-state index is 2.58. The molecule has 2 aliphatic rings. The maximum absolute atomic E-state index is 2.58. The fourth-order valence-electron chi connectivity index (χ4n) is 1.14. The van der Waals surface area contributed by atoms with E-state index in [2.05, 4.69) is 16.7 Å². The van der Waals surface area contributed by atoms with Crippen LogP contribution in [-0.2, 0) is 0 Å². The Morgan fingerprint density at radius 2 is 2.12 bits per heavy atom. The molecule has 0 amide bonds. The average Bonchev–Trinajstić information content (AvgIpc) is 1.47. The second-order valence-corrected chi connectivity index (χ2v) is 3.79. The molecule has 0 radical (unpaired) electrons. The average molecular weight is 129 g/mol. The number of hydrogen-bond acceptors (Lipinski definition) is 2. The van der Waals surface area contributed by atoms with E-state index in [1.807, 2.05) is 0 Å². The van der Waals surface area contributed by atoms with Gasteiger partial charge < -0.3 is 0 Å². The van der Waals surface area contributed by atoms with Crippen LogP contribution in [0.1, 0.15) is 12.8 Å². The quantitative estimate of drug-likeness (QED) is 0.522. The zero-order chi connectivity index (χ0) is 5.40. The van der Waals surface area contributed by atoms with Gasteiger partial charge in [0.2, 0.25) is 0 Å². The molecule has 1 unspecified atom stereocenters. The van der Waals surface area contributed by atoms with Gasteiger partial charge in [0, 0.05) is 13.1 Å². The second-order valence-electron chi connectivity index (χ2n) is 2.50. The molecular formula is C6H11NS. The van der Waals surface area contributed by atoms with E-state index in [9.17, 15) is 0 Å². The van der Waals surface area contributed by atoms with Crippen LogP contribution in [0.5, 0.6) is 0 Å². The summed E-state index contributed by atoms with van der Waals surface area (Å²) in [7, 11) is 0. The lowest BCUT2D eigenvalue weighted by molar-refractivity contribution is 0.157. The summed E-state index contributed by atoms with van der Waals surface area (Å²) in [6.07, 6.45) is 2.89. The molecule has 2 aliphatic heterocycles. The minimum atomic E-state index is 0.934. The third-order valence-corrected chi connectivity index (χ3v) is 3.36. The van der Waals surface area contributed by atoms with E-state index in [1.54, 1.807) is 0 Å². The number of hydrogen-bond donors (Lipinski definition) is 0. The van der Waals surface area contributed by atoms with Gasteiger partial charge in [-0.3, -0.25) is 4.90 Å². The molecular weight excluding hydrogens is 118 g/mol. The zero-order valence-corrected chi connectivity index (χ0v) is 5.78. The summed E-state index contributed by atoms with van der Waals surface area (Å²) < 4.78 is 0. The van der Waals surface area contributed by atoms with Crippen LogP contribution in [-0.4, -0.2) is 29.1 Å². The second kappa shape index (κ2) is 1.92. The van der Waals surface area contributed by atoms with E-state index < -0.39 is 0 Å². The van der Waals surface area contributed by atoms with Crippen molar-refractivity contribution in [3.05, 3.63) is 0 Å². The first-order valence-electron chi connectivity index (χ1n) is 3.32. The highest BCUT2D eigenvalue weighted by atomic mass is 32.2. The summed E-state index contributed by atoms with van der Waals surface area (Å²) in [4.78, 5) is 2.58. The lowest BCUT2D eigenvalue weighted by Crippen LogP contribution is -2.46. The van der Waals surface area contributed by atoms with E-state index >= 15 is 0 Å². The van der Waals surface area contributed by atoms with Crippen molar-refractivity contribution < 1.29 is 0 Å². The van der Waals surface area contributed by atoms with Gasteiger partial charge in [-0.2, -0.15) is 0 Å². The molecule has 8 heavy (non-hydrogen) atoms. The zero-order valence-electron chi connectivity index (χ0n) is 4.97. The highest BCUT2D eigenvalue weighted by Crippen LogP contribution is 2.33. The first-order valence-corrected chi connectivity index (χ1v) is 4.37. The molecule has 2 rings (SSSR count). The fourth-order valence-corrected chi connectivity index (χ4v) is 2.01. The summed E-state index contributed by atoms with van der Waals surface area (Å²) in [5.41, 5.74) is 0. The molecule has 0 saturated carbocycles. The molecule has 0 aromatic rings. The van der Waals surface area contributed by atoms with Crippen LogP contribution in [0.3, 0.4) is 0 Å². The van der Waals surface area contributed by atoms with Crippen LogP contribution < -0.4 is 0 Å². The van der Waals surface area contributed by atoms with Crippen LogP contribution >= 0.6 is 11.8 Å². The van der Waals surface area contributed by atoms with Crippen molar-refractivity contribution in [2.24, 2.45) is 0 Å². The molecule has 2 heteroatoms. The van der Waals surface area contributed by atoms with Crippen molar-refractivity contribution in [3.63, 3.8) is 0 Å². The molecule has 0 aromatic heterocycles. The number of rotatable bonds is 1. The van der Waals surface area contributed by atoms with Gasteiger partial charge in [-0.05, 0) is 18.6 Å². The monoisotopic (exact) mass is 129 g/mol. The molecule has 0 bridgehead atoms.